The summed E-state index contributed by atoms with van der Waals surface area (Å²) >= 11 is 0. The number of nitrogens with one attached hydrogen (secondary N) is 2. The second-order valence-corrected chi connectivity index (χ2v) is 6.41. The Morgan fingerprint density at radius 3 is 2.78 bits per heavy atom. The average molecular weight is 362 g/mol. The summed E-state index contributed by atoms with van der Waals surface area (Å²) in [5, 5.41) is 2.65. The van der Waals surface area contributed by atoms with Crippen LogP contribution in [0.2, 0.25) is 0 Å². The summed E-state index contributed by atoms with van der Waals surface area (Å²) in [6, 6.07) is 16.7. The summed E-state index contributed by atoms with van der Waals surface area (Å²) in [5.74, 6) is -0.311. The van der Waals surface area contributed by atoms with Gasteiger partial charge in [0.1, 0.15) is 5.69 Å². The zero-order valence-electron chi connectivity index (χ0n) is 15.3. The van der Waals surface area contributed by atoms with Gasteiger partial charge in [-0.1, -0.05) is 18.2 Å². The lowest BCUT2D eigenvalue weighted by Crippen LogP contribution is -2.23. The molecule has 3 rings (SSSR count). The Morgan fingerprint density at radius 1 is 1.19 bits per heavy atom. The predicted octanol–water partition coefficient (Wildman–Crippen LogP) is 3.22. The van der Waals surface area contributed by atoms with E-state index in [-0.39, 0.29) is 23.2 Å². The summed E-state index contributed by atoms with van der Waals surface area (Å²) in [5.41, 5.74) is 2.42. The molecule has 3 aromatic rings. The van der Waals surface area contributed by atoms with Crippen LogP contribution in [0.3, 0.4) is 0 Å². The summed E-state index contributed by atoms with van der Waals surface area (Å²) in [6.45, 7) is 2.77. The largest absolute Gasteiger partial charge is 0.327 e. The standard InChI is InChI=1S/C21H22N4O2/c1-15(18-9-3-4-11-22-18)25(2)14-16-7-5-8-17(13-16)20(26)24-19-10-6-12-23-21(19)27/h3-13,15H,14H2,1-2H3,(H,23,27)(H,24,26)/t15-/m0/s1. The number of amides is 1. The fourth-order valence-corrected chi connectivity index (χ4v) is 2.80. The van der Waals surface area contributed by atoms with Gasteiger partial charge in [0.2, 0.25) is 0 Å². The minimum absolute atomic E-state index is 0.145. The van der Waals surface area contributed by atoms with Crippen LogP contribution in [0.25, 0.3) is 0 Å². The van der Waals surface area contributed by atoms with Crippen LogP contribution in [0, 0.1) is 0 Å². The maximum Gasteiger partial charge on any atom is 0.271 e. The Bertz CT molecular complexity index is 969. The molecule has 27 heavy (non-hydrogen) atoms. The number of anilines is 1. The van der Waals surface area contributed by atoms with E-state index in [4.69, 9.17) is 0 Å². The highest BCUT2D eigenvalue weighted by atomic mass is 16.2. The Morgan fingerprint density at radius 2 is 2.04 bits per heavy atom. The zero-order chi connectivity index (χ0) is 19.2. The van der Waals surface area contributed by atoms with Crippen molar-refractivity contribution in [2.45, 2.75) is 19.5 Å². The number of nitrogens with zero attached hydrogens (tertiary/aromatic N) is 2. The van der Waals surface area contributed by atoms with Crippen LogP contribution < -0.4 is 10.9 Å². The van der Waals surface area contributed by atoms with Crippen LogP contribution in [-0.4, -0.2) is 27.8 Å². The number of carbonyl (C=O) groups excluding carboxylic acids is 1. The SMILES string of the molecule is C[C@@H](c1ccccn1)N(C)Cc1cccc(C(=O)Nc2ccc[nH]c2=O)c1. The third-order valence-corrected chi connectivity index (χ3v) is 4.46. The second kappa shape index (κ2) is 8.42. The zero-order valence-corrected chi connectivity index (χ0v) is 15.3. The van der Waals surface area contributed by atoms with Crippen LogP contribution >= 0.6 is 0 Å². The van der Waals surface area contributed by atoms with E-state index < -0.39 is 0 Å². The third-order valence-electron chi connectivity index (χ3n) is 4.46. The summed E-state index contributed by atoms with van der Waals surface area (Å²) in [6.07, 6.45) is 3.31. The molecule has 0 spiro atoms. The van der Waals surface area contributed by atoms with Crippen LogP contribution in [0.5, 0.6) is 0 Å². The molecule has 0 bridgehead atoms. The highest BCUT2D eigenvalue weighted by molar-refractivity contribution is 6.04. The van der Waals surface area contributed by atoms with Gasteiger partial charge < -0.3 is 10.3 Å². The minimum atomic E-state index is -0.328. The number of rotatable bonds is 6. The van der Waals surface area contributed by atoms with E-state index in [0.717, 1.165) is 11.3 Å². The number of pyridine rings is 2. The molecule has 6 nitrogen and oxygen atoms in total. The normalized spacial score (nSPS) is 12.0. The smallest absolute Gasteiger partial charge is 0.271 e. The summed E-state index contributed by atoms with van der Waals surface area (Å²) in [7, 11) is 2.02. The van der Waals surface area contributed by atoms with Gasteiger partial charge in [0.15, 0.2) is 0 Å². The number of hydrogen-bond donors (Lipinski definition) is 2. The predicted molar refractivity (Wildman–Crippen MR) is 106 cm³/mol. The second-order valence-electron chi connectivity index (χ2n) is 6.41. The van der Waals surface area contributed by atoms with Gasteiger partial charge in [-0.25, -0.2) is 0 Å². The summed E-state index contributed by atoms with van der Waals surface area (Å²) < 4.78 is 0. The molecule has 0 aliphatic carbocycles. The van der Waals surface area contributed by atoms with Crippen molar-refractivity contribution in [3.63, 3.8) is 0 Å². The molecule has 0 saturated carbocycles. The van der Waals surface area contributed by atoms with E-state index in [2.05, 4.69) is 27.1 Å². The third kappa shape index (κ3) is 4.68. The molecule has 2 N–H and O–H groups in total. The maximum atomic E-state index is 12.5. The van der Waals surface area contributed by atoms with Gasteiger partial charge in [-0.3, -0.25) is 19.5 Å². The van der Waals surface area contributed by atoms with Crippen molar-refractivity contribution in [1.82, 2.24) is 14.9 Å². The highest BCUT2D eigenvalue weighted by Gasteiger charge is 2.14. The Balaban J connectivity index is 1.71. The number of aromatic nitrogens is 2. The fourth-order valence-electron chi connectivity index (χ4n) is 2.80. The van der Waals surface area contributed by atoms with E-state index in [1.807, 2.05) is 43.4 Å². The molecular weight excluding hydrogens is 340 g/mol. The minimum Gasteiger partial charge on any atom is -0.327 e. The van der Waals surface area contributed by atoms with E-state index in [1.165, 1.54) is 6.20 Å². The molecule has 0 aliphatic rings. The van der Waals surface area contributed by atoms with E-state index >= 15 is 0 Å². The van der Waals surface area contributed by atoms with Crippen molar-refractivity contribution in [3.05, 3.63) is 94.2 Å². The quantitative estimate of drug-likeness (QED) is 0.706. The molecule has 1 atom stereocenters. The number of carbonyl (C=O) groups is 1. The highest BCUT2D eigenvalue weighted by Crippen LogP contribution is 2.19. The molecule has 0 radical (unpaired) electrons. The van der Waals surface area contributed by atoms with Gasteiger partial charge in [0.05, 0.1) is 5.69 Å². The maximum absolute atomic E-state index is 12.5. The molecule has 2 heterocycles. The van der Waals surface area contributed by atoms with Crippen molar-refractivity contribution in [2.75, 3.05) is 12.4 Å². The average Bonchev–Trinajstić information content (AvgIpc) is 2.70. The van der Waals surface area contributed by atoms with Crippen molar-refractivity contribution >= 4 is 11.6 Å². The first-order valence-corrected chi connectivity index (χ1v) is 8.74. The van der Waals surface area contributed by atoms with Crippen molar-refractivity contribution in [2.24, 2.45) is 0 Å². The van der Waals surface area contributed by atoms with Gasteiger partial charge in [-0.2, -0.15) is 0 Å². The number of H-pyrrole nitrogens is 1. The summed E-state index contributed by atoms with van der Waals surface area (Å²) in [4.78, 5) is 33.3. The fraction of sp³-hybridized carbons (Fsp3) is 0.190. The van der Waals surface area contributed by atoms with Gasteiger partial charge in [0.25, 0.3) is 11.5 Å². The molecule has 0 aliphatic heterocycles. The first kappa shape index (κ1) is 18.5. The molecule has 1 aromatic carbocycles. The molecule has 0 fully saturated rings. The monoisotopic (exact) mass is 362 g/mol. The topological polar surface area (TPSA) is 78.1 Å². The van der Waals surface area contributed by atoms with Crippen molar-refractivity contribution in [1.29, 1.82) is 0 Å². The van der Waals surface area contributed by atoms with E-state index in [9.17, 15) is 9.59 Å². The van der Waals surface area contributed by atoms with Crippen molar-refractivity contribution < 1.29 is 4.79 Å². The number of hydrogen-bond acceptors (Lipinski definition) is 4. The number of aromatic amines is 1. The van der Waals surface area contributed by atoms with Crippen molar-refractivity contribution in [3.8, 4) is 0 Å². The van der Waals surface area contributed by atoms with Crippen LogP contribution in [-0.2, 0) is 6.54 Å². The molecule has 1 amide bonds. The first-order valence-electron chi connectivity index (χ1n) is 8.74. The van der Waals surface area contributed by atoms with Gasteiger partial charge in [-0.15, -0.1) is 0 Å². The molecule has 0 saturated heterocycles. The van der Waals surface area contributed by atoms with E-state index in [1.54, 1.807) is 24.4 Å². The Kier molecular flexibility index (Phi) is 5.78. The molecule has 2 aromatic heterocycles. The van der Waals surface area contributed by atoms with E-state index in [0.29, 0.717) is 12.1 Å². The lowest BCUT2D eigenvalue weighted by molar-refractivity contribution is 0.102. The van der Waals surface area contributed by atoms with Crippen LogP contribution in [0.1, 0.15) is 34.6 Å². The van der Waals surface area contributed by atoms with Crippen LogP contribution in [0.15, 0.2) is 71.8 Å². The Hall–Kier alpha value is -3.25. The lowest BCUT2D eigenvalue weighted by Gasteiger charge is -2.24. The molecule has 6 heteroatoms. The van der Waals surface area contributed by atoms with Crippen LogP contribution in [0.4, 0.5) is 5.69 Å². The molecule has 0 unspecified atom stereocenters. The molecular formula is C21H22N4O2. The first-order chi connectivity index (χ1) is 13.0. The van der Waals surface area contributed by atoms with Gasteiger partial charge in [-0.05, 0) is 55.9 Å². The lowest BCUT2D eigenvalue weighted by atomic mass is 10.1. The van der Waals surface area contributed by atoms with Gasteiger partial charge in [0, 0.05) is 30.5 Å². The van der Waals surface area contributed by atoms with Gasteiger partial charge >= 0.3 is 0 Å². The Labute approximate surface area is 157 Å². The number of benzene rings is 1. The molecule has 138 valence electrons.